The molecule has 0 saturated carbocycles. The number of benzene rings is 10. The van der Waals surface area contributed by atoms with Crippen molar-refractivity contribution >= 4 is 24.9 Å². The van der Waals surface area contributed by atoms with Gasteiger partial charge in [0.25, 0.3) is 0 Å². The number of hydrogen-bond acceptors (Lipinski definition) is 12. The minimum absolute atomic E-state index is 0.244. The van der Waals surface area contributed by atoms with E-state index >= 15 is 0 Å². The van der Waals surface area contributed by atoms with Crippen molar-refractivity contribution in [2.75, 3.05) is 52.6 Å². The zero-order valence-corrected chi connectivity index (χ0v) is 78.7. The predicted molar refractivity (Wildman–Crippen MR) is 515 cm³/mol. The summed E-state index contributed by atoms with van der Waals surface area (Å²) in [5.41, 5.74) is 24.4. The Morgan fingerprint density at radius 3 is 0.435 bits per heavy atom. The number of aromatic hydroxyl groups is 4. The molecular formula is C112H136N4O8. The number of aliphatic imine (C=N–C) groups is 4. The van der Waals surface area contributed by atoms with Crippen LogP contribution in [0.15, 0.2) is 166 Å². The molecule has 12 heteroatoms. The summed E-state index contributed by atoms with van der Waals surface area (Å²) in [4.78, 5) is 19.9. The van der Waals surface area contributed by atoms with Gasteiger partial charge in [0.1, 0.15) is 72.4 Å². The maximum Gasteiger partial charge on any atom is 0.126 e. The summed E-state index contributed by atoms with van der Waals surface area (Å²) >= 11 is 0. The summed E-state index contributed by atoms with van der Waals surface area (Å²) in [7, 11) is 0. The van der Waals surface area contributed by atoms with Gasteiger partial charge in [-0.25, -0.2) is 0 Å². The van der Waals surface area contributed by atoms with Crippen molar-refractivity contribution in [1.82, 2.24) is 0 Å². The Morgan fingerprint density at radius 1 is 0.194 bits per heavy atom. The number of phenols is 4. The molecule has 0 radical (unpaired) electrons. The third-order valence-electron chi connectivity index (χ3n) is 24.7. The summed E-state index contributed by atoms with van der Waals surface area (Å²) in [5, 5.41) is 52.3. The summed E-state index contributed by atoms with van der Waals surface area (Å²) in [6, 6.07) is 52.0. The molecule has 652 valence electrons. The molecule has 0 amide bonds. The second-order valence-electron chi connectivity index (χ2n) is 43.3. The first-order valence-corrected chi connectivity index (χ1v) is 44.9. The zero-order valence-electron chi connectivity index (χ0n) is 78.7. The summed E-state index contributed by atoms with van der Waals surface area (Å²) in [6.45, 7) is 56.2. The first-order valence-electron chi connectivity index (χ1n) is 44.9. The Hall–Kier alpha value is -10.7. The Kier molecular flexibility index (Phi) is 26.2. The van der Waals surface area contributed by atoms with Gasteiger partial charge in [0, 0.05) is 76.2 Å². The lowest BCUT2D eigenvalue weighted by atomic mass is 9.79. The molecule has 10 aromatic rings. The van der Waals surface area contributed by atoms with Gasteiger partial charge in [0.15, 0.2) is 0 Å². The molecule has 124 heavy (non-hydrogen) atoms. The predicted octanol–water partition coefficient (Wildman–Crippen LogP) is 24.5. The van der Waals surface area contributed by atoms with Gasteiger partial charge in [0.2, 0.25) is 0 Å². The van der Waals surface area contributed by atoms with Gasteiger partial charge in [-0.05, 0) is 199 Å². The first kappa shape index (κ1) is 91.0. The van der Waals surface area contributed by atoms with Crippen LogP contribution in [-0.4, -0.2) is 97.9 Å². The van der Waals surface area contributed by atoms with Gasteiger partial charge in [-0.15, -0.1) is 0 Å². The highest BCUT2D eigenvalue weighted by Gasteiger charge is 2.33. The second kappa shape index (κ2) is 35.7. The molecule has 24 bridgehead atoms. The highest BCUT2D eigenvalue weighted by atomic mass is 16.5. The fraction of sp³-hybridized carbons (Fsp3) is 0.429. The molecule has 10 aliphatic rings. The molecule has 8 heterocycles. The van der Waals surface area contributed by atoms with Crippen molar-refractivity contribution in [3.8, 4) is 46.0 Å². The van der Waals surface area contributed by atoms with E-state index in [1.54, 1.807) is 0 Å². The van der Waals surface area contributed by atoms with Crippen molar-refractivity contribution in [1.29, 1.82) is 0 Å². The molecule has 12 nitrogen and oxygen atoms in total. The smallest absolute Gasteiger partial charge is 0.126 e. The number of rotatable bonds is 0. The van der Waals surface area contributed by atoms with E-state index < -0.39 is 0 Å². The van der Waals surface area contributed by atoms with Crippen LogP contribution in [0.4, 0.5) is 0 Å². The van der Waals surface area contributed by atoms with E-state index in [-0.39, 0.29) is 92.7 Å². The molecule has 8 aliphatic heterocycles. The number of hydrogen-bond donors (Lipinski definition) is 4. The van der Waals surface area contributed by atoms with Crippen LogP contribution in [0.2, 0.25) is 0 Å². The fourth-order valence-electron chi connectivity index (χ4n) is 16.9. The van der Waals surface area contributed by atoms with Crippen LogP contribution < -0.4 is 18.9 Å². The van der Waals surface area contributed by atoms with Crippen LogP contribution >= 0.6 is 0 Å². The number of phenolic OH excluding ortho intramolecular Hbond substituents is 4. The third kappa shape index (κ3) is 21.8. The average molecular weight is 1670 g/mol. The van der Waals surface area contributed by atoms with Gasteiger partial charge in [0.05, 0.1) is 26.2 Å². The Bertz CT molecular complexity index is 4840. The molecule has 0 fully saturated rings. The monoisotopic (exact) mass is 1670 g/mol. The highest BCUT2D eigenvalue weighted by molar-refractivity contribution is 5.85. The van der Waals surface area contributed by atoms with E-state index in [4.69, 9.17) is 38.9 Å². The minimum Gasteiger partial charge on any atom is -0.507 e. The van der Waals surface area contributed by atoms with E-state index in [0.717, 1.165) is 179 Å². The lowest BCUT2D eigenvalue weighted by Gasteiger charge is -2.28. The first-order chi connectivity index (χ1) is 58.1. The maximum absolute atomic E-state index is 13.1. The van der Waals surface area contributed by atoms with Crippen LogP contribution in [-0.2, 0) is 94.7 Å². The maximum atomic E-state index is 13.1. The SMILES string of the molecule is CC(C)(C)c1cc2c(O)c(c1)Cc1cc(C(C)(C)C)cc3c1OCCN=Cc1ccc(cc1)C=NCCOc1c4cc(C(C)(C)C)cc1Cc1cc(C(C)(C)C)cc(c1O)Cc1cc(C(C)(C)C)cc(c1OCCN=Cc1ccc(cc1)C=NCCOc1c(cc(C(C)(C)C)cc1Cc1cc(C(C)(C)C)cc(c1O)C3)C2)Cc1cc(C(C)(C)C)cc(c1O)C4. The second-order valence-corrected chi connectivity index (χ2v) is 43.3. The molecule has 4 N–H and O–H groups in total. The van der Waals surface area contributed by atoms with E-state index in [9.17, 15) is 20.4 Å². The topological polar surface area (TPSA) is 167 Å². The molecule has 0 unspecified atom stereocenters. The molecule has 0 atom stereocenters. The van der Waals surface area contributed by atoms with Crippen molar-refractivity contribution in [2.45, 2.75) is 261 Å². The summed E-state index contributed by atoms with van der Waals surface area (Å²) in [6.07, 6.45) is 10.6. The molecule has 10 aromatic carbocycles. The molecule has 2 aliphatic carbocycles. The highest BCUT2D eigenvalue weighted by Crippen LogP contribution is 2.48. The average Bonchev–Trinajstić information content (AvgIpc) is 0.756. The Labute approximate surface area is 740 Å². The largest absolute Gasteiger partial charge is 0.507 e. The van der Waals surface area contributed by atoms with Gasteiger partial charge < -0.3 is 39.4 Å². The minimum atomic E-state index is -0.276. The van der Waals surface area contributed by atoms with Crippen LogP contribution in [0, 0.1) is 0 Å². The van der Waals surface area contributed by atoms with Crippen molar-refractivity contribution < 1.29 is 39.4 Å². The normalized spacial score (nSPS) is 15.2. The molecule has 20 rings (SSSR count). The van der Waals surface area contributed by atoms with Gasteiger partial charge in [-0.2, -0.15) is 0 Å². The van der Waals surface area contributed by atoms with Gasteiger partial charge >= 0.3 is 0 Å². The molecule has 0 aromatic heterocycles. The van der Waals surface area contributed by atoms with Crippen molar-refractivity contribution in [3.05, 3.63) is 301 Å². The third-order valence-corrected chi connectivity index (χ3v) is 24.7. The number of ether oxygens (including phenoxy) is 4. The van der Waals surface area contributed by atoms with Gasteiger partial charge in [-0.3, -0.25) is 20.0 Å². The van der Waals surface area contributed by atoms with E-state index in [1.165, 1.54) is 0 Å². The fourth-order valence-corrected chi connectivity index (χ4v) is 16.9. The van der Waals surface area contributed by atoms with Crippen LogP contribution in [0.5, 0.6) is 46.0 Å². The Morgan fingerprint density at radius 2 is 0.315 bits per heavy atom. The van der Waals surface area contributed by atoms with Gasteiger partial charge in [-0.1, -0.05) is 312 Å². The number of nitrogens with zero attached hydrogens (tertiary/aromatic N) is 4. The molecule has 0 spiro atoms. The van der Waals surface area contributed by atoms with E-state index in [1.807, 2.05) is 24.9 Å². The van der Waals surface area contributed by atoms with Crippen LogP contribution in [0.1, 0.15) is 322 Å². The van der Waals surface area contributed by atoms with Crippen molar-refractivity contribution in [2.24, 2.45) is 20.0 Å². The quantitative estimate of drug-likeness (QED) is 0.116. The Balaban J connectivity index is 0.922. The lowest BCUT2D eigenvalue weighted by molar-refractivity contribution is 0.322. The van der Waals surface area contributed by atoms with Crippen LogP contribution in [0.25, 0.3) is 0 Å². The lowest BCUT2D eigenvalue weighted by Crippen LogP contribution is -2.17. The van der Waals surface area contributed by atoms with E-state index in [2.05, 4.69) is 312 Å². The molecule has 0 saturated heterocycles. The number of fused-ring (bicyclic) bond motifs is 2. The molecular weight excluding hydrogens is 1530 g/mol. The van der Waals surface area contributed by atoms with Crippen LogP contribution in [0.3, 0.4) is 0 Å². The van der Waals surface area contributed by atoms with E-state index in [0.29, 0.717) is 77.5 Å². The standard InChI is InChI=1S/C112H136N4O8/c1-105(2,3)89-49-73-41-81-57-93(109(13,14)15)59-83-43-75-51-90(106(4,5)6)52-76(98(75)118)44-84-60-94(110(16,17)18)58-82(42-74(50-89)97(73)117)102(84)122-38-34-114-66-70-27-31-72(32-28-70)68-116-36-40-124-104-86-46-78-54-91(107(7,8)9)53-77(99(78)119)45-85-61-95(111(19,20)21)63-87(103(85)123-39-35-115-67-71-29-25-69(26-30-71)65-113-33-37-121-101(81)83)47-79-55-92(108(10,11)12)56-80(100(79)120)48-88(104)64-96(62-86)112(22,23)24/h25-32,49-68,117-120H,33-48H2,1-24H3. The zero-order chi connectivity index (χ0) is 89.6. The summed E-state index contributed by atoms with van der Waals surface area (Å²) < 4.78 is 28.6. The summed E-state index contributed by atoms with van der Waals surface area (Å²) in [5.74, 6) is 3.87. The van der Waals surface area contributed by atoms with Crippen molar-refractivity contribution in [3.63, 3.8) is 0 Å².